The first-order chi connectivity index (χ1) is 14.8. The van der Waals surface area contributed by atoms with Gasteiger partial charge in [0.25, 0.3) is 0 Å². The Balaban J connectivity index is 0.000000423. The molecule has 2 aliphatic rings. The van der Waals surface area contributed by atoms with Crippen molar-refractivity contribution < 1.29 is 29.6 Å². The molecule has 7 nitrogen and oxygen atoms in total. The van der Waals surface area contributed by atoms with Crippen LogP contribution in [0.2, 0.25) is 0 Å². The van der Waals surface area contributed by atoms with Gasteiger partial charge in [0, 0.05) is 6.42 Å². The second-order valence-electron chi connectivity index (χ2n) is 8.62. The lowest BCUT2D eigenvalue weighted by atomic mass is 9.74. The van der Waals surface area contributed by atoms with Crippen molar-refractivity contribution in [3.63, 3.8) is 0 Å². The summed E-state index contributed by atoms with van der Waals surface area (Å²) >= 11 is 0. The predicted molar refractivity (Wildman–Crippen MR) is 118 cm³/mol. The van der Waals surface area contributed by atoms with Gasteiger partial charge in [0.1, 0.15) is 12.0 Å². The molecule has 4 N–H and O–H groups in total. The molecule has 31 heavy (non-hydrogen) atoms. The van der Waals surface area contributed by atoms with Gasteiger partial charge in [-0.3, -0.25) is 10.1 Å². The minimum absolute atomic E-state index is 0.283. The molecule has 0 spiro atoms. The average molecular weight is 436 g/mol. The summed E-state index contributed by atoms with van der Waals surface area (Å²) in [5.74, 6) is 1.12. The van der Waals surface area contributed by atoms with Crippen LogP contribution in [0.25, 0.3) is 0 Å². The lowest BCUT2D eigenvalue weighted by Gasteiger charge is -2.32. The van der Waals surface area contributed by atoms with Crippen LogP contribution < -0.4 is 10.1 Å². The second-order valence-corrected chi connectivity index (χ2v) is 8.62. The van der Waals surface area contributed by atoms with Crippen LogP contribution >= 0.6 is 0 Å². The third-order valence-electron chi connectivity index (χ3n) is 6.51. The fourth-order valence-corrected chi connectivity index (χ4v) is 4.86. The van der Waals surface area contributed by atoms with Crippen molar-refractivity contribution in [1.29, 1.82) is 0 Å². The SMILES string of the molecule is CCCCC(=O)O.CNC(O)CCC1CCC2Cc3c(cccc3OCC(=O)O)CC12. The molecule has 7 heteroatoms. The molecule has 4 unspecified atom stereocenters. The Morgan fingerprint density at radius 2 is 1.97 bits per heavy atom. The maximum atomic E-state index is 10.8. The summed E-state index contributed by atoms with van der Waals surface area (Å²) < 4.78 is 5.49. The third kappa shape index (κ3) is 7.82. The maximum Gasteiger partial charge on any atom is 0.341 e. The number of aliphatic hydroxyl groups excluding tert-OH is 1. The third-order valence-corrected chi connectivity index (χ3v) is 6.51. The number of carboxylic acid groups (broad SMARTS) is 2. The zero-order valence-electron chi connectivity index (χ0n) is 18.7. The molecule has 0 aliphatic heterocycles. The highest BCUT2D eigenvalue weighted by Crippen LogP contribution is 2.48. The molecule has 1 fully saturated rings. The van der Waals surface area contributed by atoms with Gasteiger partial charge in [-0.05, 0) is 86.9 Å². The number of hydrogen-bond acceptors (Lipinski definition) is 5. The Hall–Kier alpha value is -2.12. The van der Waals surface area contributed by atoms with Crippen LogP contribution in [0, 0.1) is 17.8 Å². The van der Waals surface area contributed by atoms with E-state index >= 15 is 0 Å². The summed E-state index contributed by atoms with van der Waals surface area (Å²) in [6.07, 6.45) is 8.02. The fraction of sp³-hybridized carbons (Fsp3) is 0.667. The van der Waals surface area contributed by atoms with Crippen LogP contribution in [0.5, 0.6) is 5.75 Å². The van der Waals surface area contributed by atoms with Crippen molar-refractivity contribution in [2.75, 3.05) is 13.7 Å². The van der Waals surface area contributed by atoms with Gasteiger partial charge in [0.2, 0.25) is 0 Å². The van der Waals surface area contributed by atoms with Crippen LogP contribution in [0.1, 0.15) is 63.0 Å². The standard InChI is InChI=1S/C19H27NO4.C5H10O2/c1-20-18(21)8-7-12-5-6-14-10-16-13(9-15(12)14)3-2-4-17(16)24-11-19(22)23;1-2-3-4-5(6)7/h2-4,12,14-15,18,20-21H,5-11H2,1H3,(H,22,23);2-4H2,1H3,(H,6,7). The number of nitrogens with one attached hydrogen (secondary N) is 1. The molecule has 0 amide bonds. The number of ether oxygens (including phenoxy) is 1. The normalized spacial score (nSPS) is 22.5. The highest BCUT2D eigenvalue weighted by molar-refractivity contribution is 5.68. The molecule has 0 radical (unpaired) electrons. The van der Waals surface area contributed by atoms with Gasteiger partial charge in [-0.2, -0.15) is 0 Å². The smallest absolute Gasteiger partial charge is 0.341 e. The van der Waals surface area contributed by atoms with E-state index in [4.69, 9.17) is 14.9 Å². The highest BCUT2D eigenvalue weighted by atomic mass is 16.5. The molecule has 1 saturated carbocycles. The zero-order chi connectivity index (χ0) is 22.8. The van der Waals surface area contributed by atoms with Crippen LogP contribution in [0.3, 0.4) is 0 Å². The highest BCUT2D eigenvalue weighted by Gasteiger charge is 2.39. The van der Waals surface area contributed by atoms with Crippen molar-refractivity contribution in [2.24, 2.45) is 17.8 Å². The van der Waals surface area contributed by atoms with Gasteiger partial charge < -0.3 is 20.1 Å². The van der Waals surface area contributed by atoms with E-state index in [2.05, 4.69) is 11.4 Å². The number of hydrogen-bond donors (Lipinski definition) is 4. The second kappa shape index (κ2) is 12.7. The predicted octanol–water partition coefficient (Wildman–Crippen LogP) is 3.47. The van der Waals surface area contributed by atoms with E-state index in [0.29, 0.717) is 24.2 Å². The first-order valence-electron chi connectivity index (χ1n) is 11.4. The van der Waals surface area contributed by atoms with Crippen molar-refractivity contribution >= 4 is 11.9 Å². The number of benzene rings is 1. The molecular formula is C24H37NO6. The topological polar surface area (TPSA) is 116 Å². The first-order valence-corrected chi connectivity index (χ1v) is 11.4. The Kier molecular flexibility index (Phi) is 10.3. The Morgan fingerprint density at radius 3 is 2.58 bits per heavy atom. The molecule has 0 saturated heterocycles. The summed E-state index contributed by atoms with van der Waals surface area (Å²) in [7, 11) is 1.79. The van der Waals surface area contributed by atoms with Gasteiger partial charge in [-0.25, -0.2) is 4.79 Å². The van der Waals surface area contributed by atoms with Gasteiger partial charge in [-0.1, -0.05) is 25.5 Å². The minimum atomic E-state index is -0.940. The summed E-state index contributed by atoms with van der Waals surface area (Å²) in [5.41, 5.74) is 2.51. The summed E-state index contributed by atoms with van der Waals surface area (Å²) in [6.45, 7) is 1.69. The van der Waals surface area contributed by atoms with E-state index in [9.17, 15) is 14.7 Å². The van der Waals surface area contributed by atoms with Gasteiger partial charge in [0.05, 0.1) is 0 Å². The fourth-order valence-electron chi connectivity index (χ4n) is 4.86. The van der Waals surface area contributed by atoms with Crippen LogP contribution in [0.4, 0.5) is 0 Å². The molecule has 1 aromatic rings. The lowest BCUT2D eigenvalue weighted by Crippen LogP contribution is -2.28. The summed E-state index contributed by atoms with van der Waals surface area (Å²) in [6, 6.07) is 6.00. The Bertz CT molecular complexity index is 722. The average Bonchev–Trinajstić information content (AvgIpc) is 3.15. The molecule has 0 aromatic heterocycles. The van der Waals surface area contributed by atoms with Gasteiger partial charge in [-0.15, -0.1) is 0 Å². The number of unbranched alkanes of at least 4 members (excludes halogenated alkanes) is 1. The number of aliphatic hydroxyl groups is 1. The van der Waals surface area contributed by atoms with E-state index in [1.807, 2.05) is 19.1 Å². The van der Waals surface area contributed by atoms with Crippen molar-refractivity contribution in [1.82, 2.24) is 5.32 Å². The number of carboxylic acids is 2. The van der Waals surface area contributed by atoms with Crippen LogP contribution in [0.15, 0.2) is 18.2 Å². The van der Waals surface area contributed by atoms with Crippen LogP contribution in [-0.2, 0) is 22.4 Å². The van der Waals surface area contributed by atoms with E-state index in [-0.39, 0.29) is 6.61 Å². The summed E-state index contributed by atoms with van der Waals surface area (Å²) in [4.78, 5) is 20.5. The lowest BCUT2D eigenvalue weighted by molar-refractivity contribution is -0.139. The molecule has 1 aromatic carbocycles. The molecule has 0 heterocycles. The number of aliphatic carboxylic acids is 2. The summed E-state index contributed by atoms with van der Waals surface area (Å²) in [5, 5.41) is 29.5. The molecular weight excluding hydrogens is 398 g/mol. The largest absolute Gasteiger partial charge is 0.482 e. The number of fused-ring (bicyclic) bond motifs is 2. The van der Waals surface area contributed by atoms with E-state index in [1.165, 1.54) is 24.0 Å². The molecule has 3 rings (SSSR count). The zero-order valence-corrected chi connectivity index (χ0v) is 18.7. The van der Waals surface area contributed by atoms with Gasteiger partial charge >= 0.3 is 11.9 Å². The van der Waals surface area contributed by atoms with Gasteiger partial charge in [0.15, 0.2) is 6.61 Å². The molecule has 2 aliphatic carbocycles. The number of rotatable bonds is 10. The van der Waals surface area contributed by atoms with Crippen molar-refractivity contribution in [3.05, 3.63) is 29.3 Å². The number of carbonyl (C=O) groups is 2. The quantitative estimate of drug-likeness (QED) is 0.416. The molecule has 4 atom stereocenters. The van der Waals surface area contributed by atoms with E-state index in [0.717, 1.165) is 44.3 Å². The van der Waals surface area contributed by atoms with E-state index in [1.54, 1.807) is 7.05 Å². The Labute approximate surface area is 184 Å². The molecule has 0 bridgehead atoms. The maximum absolute atomic E-state index is 10.8. The Morgan fingerprint density at radius 1 is 1.19 bits per heavy atom. The van der Waals surface area contributed by atoms with Crippen molar-refractivity contribution in [3.8, 4) is 5.75 Å². The minimum Gasteiger partial charge on any atom is -0.482 e. The van der Waals surface area contributed by atoms with E-state index < -0.39 is 18.2 Å². The monoisotopic (exact) mass is 435 g/mol. The first kappa shape index (κ1) is 25.1. The molecule has 174 valence electrons. The van der Waals surface area contributed by atoms with Crippen molar-refractivity contribution in [2.45, 2.75) is 70.9 Å². The van der Waals surface area contributed by atoms with Crippen LogP contribution in [-0.4, -0.2) is 47.1 Å².